The lowest BCUT2D eigenvalue weighted by Gasteiger charge is -2.27. The predicted octanol–water partition coefficient (Wildman–Crippen LogP) is 4.25. The van der Waals surface area contributed by atoms with Crippen molar-refractivity contribution in [3.05, 3.63) is 23.9 Å². The van der Waals surface area contributed by atoms with Crippen LogP contribution in [0.4, 0.5) is 10.6 Å². The first kappa shape index (κ1) is 18.7. The van der Waals surface area contributed by atoms with E-state index in [4.69, 9.17) is 4.74 Å². The summed E-state index contributed by atoms with van der Waals surface area (Å²) in [7, 11) is 1.69. The number of hydrogen-bond donors (Lipinski definition) is 0. The minimum atomic E-state index is -0.507. The molecule has 24 heavy (non-hydrogen) atoms. The molecule has 134 valence electrons. The summed E-state index contributed by atoms with van der Waals surface area (Å²) in [5.74, 6) is 1.28. The fourth-order valence-electron chi connectivity index (χ4n) is 3.11. The SMILES string of the molecule is CC(C)CN1CCC[C@@H]1c1ccc(N(C)C(=O)OC(C)(C)C)nc1. The Morgan fingerprint density at radius 3 is 2.67 bits per heavy atom. The van der Waals surface area contributed by atoms with Gasteiger partial charge in [-0.1, -0.05) is 19.9 Å². The maximum atomic E-state index is 12.1. The zero-order valence-corrected chi connectivity index (χ0v) is 15.9. The summed E-state index contributed by atoms with van der Waals surface area (Å²) in [5.41, 5.74) is 0.724. The number of likely N-dealkylation sites (tertiary alicyclic amines) is 1. The van der Waals surface area contributed by atoms with Crippen LogP contribution in [-0.4, -0.2) is 41.7 Å². The van der Waals surface area contributed by atoms with Gasteiger partial charge in [0.05, 0.1) is 0 Å². The molecular weight excluding hydrogens is 302 g/mol. The summed E-state index contributed by atoms with van der Waals surface area (Å²) < 4.78 is 5.38. The Labute approximate surface area is 146 Å². The van der Waals surface area contributed by atoms with Gasteiger partial charge < -0.3 is 4.74 Å². The Bertz CT molecular complexity index is 549. The van der Waals surface area contributed by atoms with Gasteiger partial charge in [0.25, 0.3) is 0 Å². The van der Waals surface area contributed by atoms with Crippen LogP contribution in [0.3, 0.4) is 0 Å². The maximum Gasteiger partial charge on any atom is 0.415 e. The van der Waals surface area contributed by atoms with Gasteiger partial charge in [0.15, 0.2) is 0 Å². The molecule has 2 rings (SSSR count). The fraction of sp³-hybridized carbons (Fsp3) is 0.684. The van der Waals surface area contributed by atoms with Gasteiger partial charge in [-0.05, 0) is 57.7 Å². The molecule has 5 heteroatoms. The zero-order chi connectivity index (χ0) is 17.9. The van der Waals surface area contributed by atoms with Crippen LogP contribution in [0.5, 0.6) is 0 Å². The number of anilines is 1. The minimum Gasteiger partial charge on any atom is -0.443 e. The molecular formula is C19H31N3O2. The van der Waals surface area contributed by atoms with Crippen molar-refractivity contribution in [2.75, 3.05) is 25.0 Å². The highest BCUT2D eigenvalue weighted by Gasteiger charge is 2.27. The van der Waals surface area contributed by atoms with Crippen molar-refractivity contribution in [3.8, 4) is 0 Å². The van der Waals surface area contributed by atoms with E-state index in [1.807, 2.05) is 33.0 Å². The lowest BCUT2D eigenvalue weighted by atomic mass is 10.1. The highest BCUT2D eigenvalue weighted by atomic mass is 16.6. The monoisotopic (exact) mass is 333 g/mol. The van der Waals surface area contributed by atoms with Crippen molar-refractivity contribution in [1.29, 1.82) is 0 Å². The van der Waals surface area contributed by atoms with E-state index in [0.717, 1.165) is 13.1 Å². The van der Waals surface area contributed by atoms with E-state index in [-0.39, 0.29) is 6.09 Å². The van der Waals surface area contributed by atoms with Gasteiger partial charge in [0.2, 0.25) is 0 Å². The number of pyridine rings is 1. The summed E-state index contributed by atoms with van der Waals surface area (Å²) in [6.45, 7) is 12.4. The van der Waals surface area contributed by atoms with E-state index in [9.17, 15) is 4.79 Å². The second kappa shape index (κ2) is 7.51. The molecule has 0 unspecified atom stereocenters. The molecule has 1 aliphatic rings. The number of aromatic nitrogens is 1. The molecule has 0 aromatic carbocycles. The Morgan fingerprint density at radius 1 is 1.42 bits per heavy atom. The summed E-state index contributed by atoms with van der Waals surface area (Å²) in [4.78, 5) is 20.6. The van der Waals surface area contributed by atoms with E-state index in [1.54, 1.807) is 7.05 Å². The van der Waals surface area contributed by atoms with Gasteiger partial charge in [-0.25, -0.2) is 9.78 Å². The summed E-state index contributed by atoms with van der Waals surface area (Å²) in [6, 6.07) is 4.44. The van der Waals surface area contributed by atoms with Gasteiger partial charge >= 0.3 is 6.09 Å². The average Bonchev–Trinajstić information content (AvgIpc) is 2.92. The molecule has 1 aromatic heterocycles. The van der Waals surface area contributed by atoms with Crippen LogP contribution in [0.15, 0.2) is 18.3 Å². The molecule has 1 aromatic rings. The summed E-state index contributed by atoms with van der Waals surface area (Å²) >= 11 is 0. The number of rotatable bonds is 4. The van der Waals surface area contributed by atoms with E-state index in [0.29, 0.717) is 17.8 Å². The Morgan fingerprint density at radius 2 is 2.12 bits per heavy atom. The first-order valence-electron chi connectivity index (χ1n) is 8.84. The quantitative estimate of drug-likeness (QED) is 0.826. The fourth-order valence-corrected chi connectivity index (χ4v) is 3.11. The number of carbonyl (C=O) groups is 1. The van der Waals surface area contributed by atoms with Crippen molar-refractivity contribution in [1.82, 2.24) is 9.88 Å². The van der Waals surface area contributed by atoms with Crippen LogP contribution in [0, 0.1) is 5.92 Å². The van der Waals surface area contributed by atoms with Crippen molar-refractivity contribution in [2.24, 2.45) is 5.92 Å². The molecule has 0 N–H and O–H groups in total. The van der Waals surface area contributed by atoms with Crippen LogP contribution in [0.25, 0.3) is 0 Å². The standard InChI is InChI=1S/C19H31N3O2/c1-14(2)13-22-11-7-8-16(22)15-9-10-17(20-12-15)21(6)18(23)24-19(3,4)5/h9-10,12,14,16H,7-8,11,13H2,1-6H3/t16-/m1/s1. The number of amides is 1. The number of ether oxygens (including phenoxy) is 1. The third-order valence-corrected chi connectivity index (χ3v) is 4.13. The second-order valence-electron chi connectivity index (χ2n) is 8.04. The van der Waals surface area contributed by atoms with Crippen LogP contribution >= 0.6 is 0 Å². The van der Waals surface area contributed by atoms with Crippen molar-refractivity contribution in [2.45, 2.75) is 59.1 Å². The van der Waals surface area contributed by atoms with Crippen LogP contribution in [0.1, 0.15) is 59.1 Å². The number of hydrogen-bond acceptors (Lipinski definition) is 4. The molecule has 2 heterocycles. The Kier molecular flexibility index (Phi) is 5.86. The lowest BCUT2D eigenvalue weighted by Crippen LogP contribution is -2.34. The molecule has 0 spiro atoms. The Balaban J connectivity index is 2.06. The first-order chi connectivity index (χ1) is 11.2. The smallest absolute Gasteiger partial charge is 0.415 e. The molecule has 1 fully saturated rings. The lowest BCUT2D eigenvalue weighted by molar-refractivity contribution is 0.0588. The van der Waals surface area contributed by atoms with Crippen molar-refractivity contribution < 1.29 is 9.53 Å². The molecule has 0 aliphatic carbocycles. The molecule has 0 saturated carbocycles. The van der Waals surface area contributed by atoms with Crippen molar-refractivity contribution >= 4 is 11.9 Å². The van der Waals surface area contributed by atoms with Gasteiger partial charge in [0.1, 0.15) is 11.4 Å². The van der Waals surface area contributed by atoms with Crippen LogP contribution < -0.4 is 4.90 Å². The van der Waals surface area contributed by atoms with E-state index in [2.05, 4.69) is 29.8 Å². The molecule has 1 amide bonds. The third kappa shape index (κ3) is 4.94. The molecule has 0 radical (unpaired) electrons. The maximum absolute atomic E-state index is 12.1. The third-order valence-electron chi connectivity index (χ3n) is 4.13. The topological polar surface area (TPSA) is 45.7 Å². The Hall–Kier alpha value is -1.62. The molecule has 0 bridgehead atoms. The summed E-state index contributed by atoms with van der Waals surface area (Å²) in [6.07, 6.45) is 3.93. The molecule has 5 nitrogen and oxygen atoms in total. The van der Waals surface area contributed by atoms with E-state index < -0.39 is 5.60 Å². The highest BCUT2D eigenvalue weighted by molar-refractivity contribution is 5.85. The molecule has 1 atom stereocenters. The second-order valence-corrected chi connectivity index (χ2v) is 8.04. The van der Waals surface area contributed by atoms with E-state index in [1.165, 1.54) is 23.3 Å². The minimum absolute atomic E-state index is 0.384. The van der Waals surface area contributed by atoms with Crippen LogP contribution in [0.2, 0.25) is 0 Å². The average molecular weight is 333 g/mol. The van der Waals surface area contributed by atoms with Gasteiger partial charge in [-0.3, -0.25) is 9.80 Å². The normalized spacial score (nSPS) is 18.9. The zero-order valence-electron chi connectivity index (χ0n) is 15.9. The van der Waals surface area contributed by atoms with Gasteiger partial charge in [-0.15, -0.1) is 0 Å². The predicted molar refractivity (Wildman–Crippen MR) is 97.3 cm³/mol. The first-order valence-corrected chi connectivity index (χ1v) is 8.84. The number of carbonyl (C=O) groups excluding carboxylic acids is 1. The highest BCUT2D eigenvalue weighted by Crippen LogP contribution is 2.32. The summed E-state index contributed by atoms with van der Waals surface area (Å²) in [5, 5.41) is 0. The molecule has 1 saturated heterocycles. The van der Waals surface area contributed by atoms with Gasteiger partial charge in [0, 0.05) is 25.8 Å². The van der Waals surface area contributed by atoms with Gasteiger partial charge in [-0.2, -0.15) is 0 Å². The largest absolute Gasteiger partial charge is 0.443 e. The number of nitrogens with zero attached hydrogens (tertiary/aromatic N) is 3. The molecule has 1 aliphatic heterocycles. The van der Waals surface area contributed by atoms with E-state index >= 15 is 0 Å². The van der Waals surface area contributed by atoms with Crippen LogP contribution in [-0.2, 0) is 4.74 Å². The van der Waals surface area contributed by atoms with Crippen molar-refractivity contribution in [3.63, 3.8) is 0 Å².